The number of carboxylic acids is 1. The van der Waals surface area contributed by atoms with Gasteiger partial charge in [0.25, 0.3) is 0 Å². The van der Waals surface area contributed by atoms with Crippen molar-refractivity contribution in [3.8, 4) is 0 Å². The molecule has 0 aromatic carbocycles. The number of carbonyl (C=O) groups is 2. The Labute approximate surface area is 143 Å². The SMILES string of the molecule is CC(C)(C)OC(=O)N1C[C@@H]2[C@H](C1)C2(C(=O)O)c1cc(Br)ccn1. The number of amides is 1. The lowest BCUT2D eigenvalue weighted by molar-refractivity contribution is -0.141. The molecule has 3 atom stereocenters. The van der Waals surface area contributed by atoms with Gasteiger partial charge in [0.05, 0.1) is 5.69 Å². The molecule has 1 aromatic rings. The van der Waals surface area contributed by atoms with E-state index in [0.29, 0.717) is 18.8 Å². The highest BCUT2D eigenvalue weighted by molar-refractivity contribution is 9.10. The topological polar surface area (TPSA) is 79.7 Å². The molecule has 1 amide bonds. The number of ether oxygens (including phenoxy) is 1. The second-order valence-corrected chi connectivity index (χ2v) is 8.05. The van der Waals surface area contributed by atoms with E-state index in [2.05, 4.69) is 20.9 Å². The number of piperidine rings is 1. The molecule has 1 saturated carbocycles. The molecular formula is C16H19BrN2O4. The first-order valence-corrected chi connectivity index (χ1v) is 8.29. The lowest BCUT2D eigenvalue weighted by Gasteiger charge is -2.27. The molecule has 1 unspecified atom stereocenters. The fourth-order valence-electron chi connectivity index (χ4n) is 3.54. The van der Waals surface area contributed by atoms with E-state index in [9.17, 15) is 14.7 Å². The number of rotatable bonds is 2. The highest BCUT2D eigenvalue weighted by Crippen LogP contribution is 2.63. The van der Waals surface area contributed by atoms with E-state index in [0.717, 1.165) is 4.47 Å². The van der Waals surface area contributed by atoms with Crippen molar-refractivity contribution in [2.24, 2.45) is 11.8 Å². The summed E-state index contributed by atoms with van der Waals surface area (Å²) in [5.74, 6) is -1.11. The van der Waals surface area contributed by atoms with Gasteiger partial charge >= 0.3 is 12.1 Å². The predicted octanol–water partition coefficient (Wildman–Crippen LogP) is 2.66. The number of likely N-dealkylation sites (tertiary alicyclic amines) is 1. The minimum Gasteiger partial charge on any atom is -0.481 e. The zero-order valence-corrected chi connectivity index (χ0v) is 14.8. The van der Waals surface area contributed by atoms with Crippen LogP contribution in [-0.2, 0) is 14.9 Å². The standard InChI is InChI=1S/C16H19BrN2O4/c1-15(2,3)23-14(22)19-7-10-11(8-19)16(10,13(20)21)12-6-9(17)4-5-18-12/h4-6,10-11H,7-8H2,1-3H3,(H,20,21)/t10-,11+,16?. The molecule has 6 nitrogen and oxygen atoms in total. The Morgan fingerprint density at radius 2 is 2.00 bits per heavy atom. The third kappa shape index (κ3) is 2.60. The number of hydrogen-bond acceptors (Lipinski definition) is 4. The van der Waals surface area contributed by atoms with Crippen LogP contribution in [0.3, 0.4) is 0 Å². The molecule has 1 aliphatic carbocycles. The quantitative estimate of drug-likeness (QED) is 0.850. The van der Waals surface area contributed by atoms with Gasteiger partial charge < -0.3 is 14.7 Å². The van der Waals surface area contributed by atoms with Crippen LogP contribution >= 0.6 is 15.9 Å². The molecule has 1 saturated heterocycles. The molecule has 23 heavy (non-hydrogen) atoms. The van der Waals surface area contributed by atoms with E-state index in [1.807, 2.05) is 20.8 Å². The van der Waals surface area contributed by atoms with Crippen LogP contribution in [0.25, 0.3) is 0 Å². The molecule has 1 aromatic heterocycles. The number of carboxylic acid groups (broad SMARTS) is 1. The summed E-state index contributed by atoms with van der Waals surface area (Å²) in [6.45, 7) is 6.22. The Kier molecular flexibility index (Phi) is 3.66. The van der Waals surface area contributed by atoms with Crippen LogP contribution in [0, 0.1) is 11.8 Å². The monoisotopic (exact) mass is 382 g/mol. The fraction of sp³-hybridized carbons (Fsp3) is 0.562. The Hall–Kier alpha value is -1.63. The van der Waals surface area contributed by atoms with Crippen LogP contribution in [0.2, 0.25) is 0 Å². The van der Waals surface area contributed by atoms with Crippen molar-refractivity contribution in [1.29, 1.82) is 0 Å². The van der Waals surface area contributed by atoms with Gasteiger partial charge in [0.1, 0.15) is 11.0 Å². The molecule has 1 N–H and O–H groups in total. The minimum absolute atomic E-state index is 0.116. The summed E-state index contributed by atoms with van der Waals surface area (Å²) in [5, 5.41) is 9.78. The Balaban J connectivity index is 1.78. The summed E-state index contributed by atoms with van der Waals surface area (Å²) < 4.78 is 6.16. The molecule has 1 aliphatic heterocycles. The fourth-order valence-corrected chi connectivity index (χ4v) is 3.88. The van der Waals surface area contributed by atoms with E-state index in [1.165, 1.54) is 0 Å². The smallest absolute Gasteiger partial charge is 0.410 e. The molecule has 2 fully saturated rings. The van der Waals surface area contributed by atoms with E-state index in [4.69, 9.17) is 4.74 Å². The zero-order chi connectivity index (χ0) is 17.0. The third-order valence-corrected chi connectivity index (χ3v) is 5.03. The normalized spacial score (nSPS) is 29.1. The minimum atomic E-state index is -0.984. The van der Waals surface area contributed by atoms with E-state index >= 15 is 0 Å². The largest absolute Gasteiger partial charge is 0.481 e. The number of pyridine rings is 1. The van der Waals surface area contributed by atoms with Crippen LogP contribution < -0.4 is 0 Å². The van der Waals surface area contributed by atoms with Gasteiger partial charge in [-0.25, -0.2) is 4.79 Å². The zero-order valence-electron chi connectivity index (χ0n) is 13.2. The summed E-state index contributed by atoms with van der Waals surface area (Å²) in [6, 6.07) is 3.52. The maximum absolute atomic E-state index is 12.1. The first-order valence-electron chi connectivity index (χ1n) is 7.49. The van der Waals surface area contributed by atoms with Gasteiger partial charge in [-0.2, -0.15) is 0 Å². The summed E-state index contributed by atoms with van der Waals surface area (Å²) in [7, 11) is 0. The first-order chi connectivity index (χ1) is 10.7. The van der Waals surface area contributed by atoms with Gasteiger partial charge in [-0.15, -0.1) is 0 Å². The van der Waals surface area contributed by atoms with Crippen LogP contribution in [-0.4, -0.2) is 45.7 Å². The third-order valence-electron chi connectivity index (χ3n) is 4.53. The molecule has 7 heteroatoms. The Morgan fingerprint density at radius 1 is 1.39 bits per heavy atom. The predicted molar refractivity (Wildman–Crippen MR) is 86.0 cm³/mol. The number of nitrogens with zero attached hydrogens (tertiary/aromatic N) is 2. The molecule has 0 spiro atoms. The van der Waals surface area contributed by atoms with Crippen LogP contribution in [0.15, 0.2) is 22.8 Å². The average Bonchev–Trinajstić information content (AvgIpc) is 2.83. The molecule has 2 aliphatic rings. The molecule has 0 bridgehead atoms. The van der Waals surface area contributed by atoms with Gasteiger partial charge in [0.15, 0.2) is 0 Å². The van der Waals surface area contributed by atoms with Gasteiger partial charge in [0.2, 0.25) is 0 Å². The molecular weight excluding hydrogens is 364 g/mol. The number of carbonyl (C=O) groups excluding carboxylic acids is 1. The van der Waals surface area contributed by atoms with Crippen molar-refractivity contribution < 1.29 is 19.4 Å². The first kappa shape index (κ1) is 16.2. The van der Waals surface area contributed by atoms with Crippen LogP contribution in [0.1, 0.15) is 26.5 Å². The number of hydrogen-bond donors (Lipinski definition) is 1. The number of aromatic nitrogens is 1. The van der Waals surface area contributed by atoms with Crippen molar-refractivity contribution in [2.75, 3.05) is 13.1 Å². The molecule has 2 heterocycles. The van der Waals surface area contributed by atoms with Crippen molar-refractivity contribution in [3.05, 3.63) is 28.5 Å². The van der Waals surface area contributed by atoms with Gasteiger partial charge in [-0.1, -0.05) is 15.9 Å². The number of halogens is 1. The number of aliphatic carboxylic acids is 1. The van der Waals surface area contributed by atoms with E-state index < -0.39 is 17.0 Å². The summed E-state index contributed by atoms with van der Waals surface area (Å²) >= 11 is 3.36. The second-order valence-electron chi connectivity index (χ2n) is 7.13. The second kappa shape index (κ2) is 5.19. The van der Waals surface area contributed by atoms with Crippen LogP contribution in [0.5, 0.6) is 0 Å². The molecule has 124 valence electrons. The summed E-state index contributed by atoms with van der Waals surface area (Å²) in [6.07, 6.45) is 1.22. The maximum atomic E-state index is 12.1. The number of fused-ring (bicyclic) bond motifs is 1. The summed E-state index contributed by atoms with van der Waals surface area (Å²) in [5.41, 5.74) is -0.986. The molecule has 0 radical (unpaired) electrons. The van der Waals surface area contributed by atoms with E-state index in [1.54, 1.807) is 23.2 Å². The van der Waals surface area contributed by atoms with Crippen molar-refractivity contribution in [1.82, 2.24) is 9.88 Å². The van der Waals surface area contributed by atoms with Gasteiger partial charge in [-0.3, -0.25) is 9.78 Å². The average molecular weight is 383 g/mol. The van der Waals surface area contributed by atoms with Gasteiger partial charge in [0, 0.05) is 35.6 Å². The Bertz CT molecular complexity index is 658. The molecule has 3 rings (SSSR count). The lowest BCUT2D eigenvalue weighted by atomic mass is 9.95. The van der Waals surface area contributed by atoms with Crippen LogP contribution in [0.4, 0.5) is 4.79 Å². The lowest BCUT2D eigenvalue weighted by Crippen LogP contribution is -2.41. The maximum Gasteiger partial charge on any atom is 0.410 e. The van der Waals surface area contributed by atoms with E-state index in [-0.39, 0.29) is 17.9 Å². The Morgan fingerprint density at radius 3 is 2.48 bits per heavy atom. The van der Waals surface area contributed by atoms with Crippen molar-refractivity contribution in [3.63, 3.8) is 0 Å². The summed E-state index contributed by atoms with van der Waals surface area (Å²) in [4.78, 5) is 29.9. The van der Waals surface area contributed by atoms with Gasteiger partial charge in [-0.05, 0) is 32.9 Å². The highest BCUT2D eigenvalue weighted by atomic mass is 79.9. The van der Waals surface area contributed by atoms with Crippen molar-refractivity contribution >= 4 is 28.0 Å². The van der Waals surface area contributed by atoms with Crippen molar-refractivity contribution in [2.45, 2.75) is 31.8 Å². The highest BCUT2D eigenvalue weighted by Gasteiger charge is 2.75.